The molecule has 0 unspecified atom stereocenters. The highest BCUT2D eigenvalue weighted by molar-refractivity contribution is 7.46. The van der Waals surface area contributed by atoms with Crippen LogP contribution in [0, 0.1) is 5.82 Å². The lowest BCUT2D eigenvalue weighted by Gasteiger charge is -2.19. The number of phosphoric acid groups is 1. The number of rotatable bonds is 3. The van der Waals surface area contributed by atoms with Gasteiger partial charge in [-0.15, -0.1) is 0 Å². The van der Waals surface area contributed by atoms with Crippen molar-refractivity contribution >= 4 is 7.82 Å². The van der Waals surface area contributed by atoms with Gasteiger partial charge >= 0.3 is 13.5 Å². The number of aliphatic hydroxyl groups is 1. The Kier molecular flexibility index (Phi) is 4.15. The molecule has 0 aliphatic carbocycles. The van der Waals surface area contributed by atoms with Gasteiger partial charge < -0.3 is 19.6 Å². The summed E-state index contributed by atoms with van der Waals surface area (Å²) < 4.78 is 34.1. The van der Waals surface area contributed by atoms with Crippen molar-refractivity contribution in [3.05, 3.63) is 32.9 Å². The van der Waals surface area contributed by atoms with E-state index in [9.17, 15) is 23.7 Å². The molecule has 0 bridgehead atoms. The first kappa shape index (κ1) is 16.0. The third kappa shape index (κ3) is 3.28. The SMILES string of the molecule is C[C@H]1O[C@@H](n2cc(F)c(=O)[nH]c2=O)[C@H](O)[C@@H]1OP(=O)(O)O. The number of H-pyrrole nitrogens is 1. The van der Waals surface area contributed by atoms with Gasteiger partial charge in [-0.25, -0.2) is 9.36 Å². The summed E-state index contributed by atoms with van der Waals surface area (Å²) in [5.74, 6) is -1.28. The zero-order chi connectivity index (χ0) is 15.9. The molecule has 21 heavy (non-hydrogen) atoms. The monoisotopic (exact) mass is 326 g/mol. The van der Waals surface area contributed by atoms with Crippen LogP contribution in [-0.2, 0) is 13.8 Å². The summed E-state index contributed by atoms with van der Waals surface area (Å²) in [7, 11) is -4.90. The lowest BCUT2D eigenvalue weighted by molar-refractivity contribution is -0.0356. The number of nitrogens with one attached hydrogen (secondary N) is 1. The van der Waals surface area contributed by atoms with Crippen LogP contribution in [0.5, 0.6) is 0 Å². The minimum absolute atomic E-state index is 0.529. The lowest BCUT2D eigenvalue weighted by atomic mass is 10.1. The zero-order valence-electron chi connectivity index (χ0n) is 10.5. The summed E-state index contributed by atoms with van der Waals surface area (Å²) in [5, 5.41) is 9.95. The van der Waals surface area contributed by atoms with Crippen LogP contribution < -0.4 is 11.2 Å². The van der Waals surface area contributed by atoms with Crippen molar-refractivity contribution in [2.45, 2.75) is 31.5 Å². The lowest BCUT2D eigenvalue weighted by Crippen LogP contribution is -2.39. The number of aliphatic hydroxyl groups excluding tert-OH is 1. The Balaban J connectivity index is 2.35. The summed E-state index contributed by atoms with van der Waals surface area (Å²) >= 11 is 0. The van der Waals surface area contributed by atoms with Crippen molar-refractivity contribution in [3.63, 3.8) is 0 Å². The van der Waals surface area contributed by atoms with Gasteiger partial charge in [0.25, 0.3) is 5.56 Å². The normalized spacial score (nSPS) is 29.8. The maximum atomic E-state index is 13.2. The van der Waals surface area contributed by atoms with E-state index in [1.165, 1.54) is 6.92 Å². The van der Waals surface area contributed by atoms with Gasteiger partial charge in [-0.05, 0) is 6.92 Å². The minimum Gasteiger partial charge on any atom is -0.386 e. The quantitative estimate of drug-likeness (QED) is 0.486. The molecule has 0 aromatic carbocycles. The molecule has 12 heteroatoms. The van der Waals surface area contributed by atoms with Crippen molar-refractivity contribution < 1.29 is 33.1 Å². The molecule has 10 nitrogen and oxygen atoms in total. The number of halogens is 1. The molecule has 1 aromatic rings. The van der Waals surface area contributed by atoms with E-state index in [0.717, 1.165) is 0 Å². The predicted octanol–water partition coefficient (Wildman–Crippen LogP) is -1.57. The van der Waals surface area contributed by atoms with Gasteiger partial charge in [0.15, 0.2) is 6.23 Å². The zero-order valence-corrected chi connectivity index (χ0v) is 11.4. The van der Waals surface area contributed by atoms with E-state index in [2.05, 4.69) is 4.52 Å². The fraction of sp³-hybridized carbons (Fsp3) is 0.556. The second-order valence-electron chi connectivity index (χ2n) is 4.43. The standard InChI is InChI=1S/C9H12FN2O8P/c1-3-6(20-21(16,17)18)5(13)8(19-3)12-2-4(10)7(14)11-9(12)15/h2-3,5-6,8,13H,1H3,(H,11,14,15)(H2,16,17,18)/t3-,5-,6-,8-/m1/s1. The van der Waals surface area contributed by atoms with Gasteiger partial charge in [0.1, 0.15) is 12.2 Å². The van der Waals surface area contributed by atoms with Gasteiger partial charge in [0, 0.05) is 0 Å². The average Bonchev–Trinajstić information content (AvgIpc) is 2.60. The van der Waals surface area contributed by atoms with Gasteiger partial charge in [-0.3, -0.25) is 18.9 Å². The summed E-state index contributed by atoms with van der Waals surface area (Å²) in [5.41, 5.74) is -2.28. The number of phosphoric ester groups is 1. The minimum atomic E-state index is -4.90. The van der Waals surface area contributed by atoms with E-state index in [1.807, 2.05) is 0 Å². The molecule has 4 N–H and O–H groups in total. The fourth-order valence-corrected chi connectivity index (χ4v) is 2.62. The summed E-state index contributed by atoms with van der Waals surface area (Å²) in [4.78, 5) is 41.7. The Morgan fingerprint density at radius 3 is 2.67 bits per heavy atom. The van der Waals surface area contributed by atoms with Crippen LogP contribution in [0.1, 0.15) is 13.2 Å². The molecule has 0 spiro atoms. The molecule has 2 heterocycles. The third-order valence-corrected chi connectivity index (χ3v) is 3.42. The van der Waals surface area contributed by atoms with Gasteiger partial charge in [0.05, 0.1) is 12.3 Å². The number of hydrogen-bond acceptors (Lipinski definition) is 6. The Hall–Kier alpha value is -1.36. The molecule has 0 amide bonds. The third-order valence-electron chi connectivity index (χ3n) is 2.90. The Morgan fingerprint density at radius 1 is 1.48 bits per heavy atom. The van der Waals surface area contributed by atoms with Crippen molar-refractivity contribution in [1.82, 2.24) is 9.55 Å². The second-order valence-corrected chi connectivity index (χ2v) is 5.62. The van der Waals surface area contributed by atoms with E-state index in [1.54, 1.807) is 4.98 Å². The molecular formula is C9H12FN2O8P. The average molecular weight is 326 g/mol. The van der Waals surface area contributed by atoms with Crippen LogP contribution in [0.3, 0.4) is 0 Å². The molecule has 0 saturated carbocycles. The van der Waals surface area contributed by atoms with Crippen LogP contribution in [0.25, 0.3) is 0 Å². The van der Waals surface area contributed by atoms with Gasteiger partial charge in [-0.2, -0.15) is 4.39 Å². The highest BCUT2D eigenvalue weighted by atomic mass is 31.2. The van der Waals surface area contributed by atoms with Crippen molar-refractivity contribution in [2.24, 2.45) is 0 Å². The number of aromatic amines is 1. The molecular weight excluding hydrogens is 314 g/mol. The molecule has 1 saturated heterocycles. The molecule has 118 valence electrons. The van der Waals surface area contributed by atoms with Crippen LogP contribution in [0.4, 0.5) is 4.39 Å². The molecule has 4 atom stereocenters. The van der Waals surface area contributed by atoms with Crippen LogP contribution in [0.2, 0.25) is 0 Å². The van der Waals surface area contributed by atoms with E-state index in [0.29, 0.717) is 10.8 Å². The Morgan fingerprint density at radius 2 is 2.10 bits per heavy atom. The Bertz CT molecular complexity index is 696. The number of aromatic nitrogens is 2. The van der Waals surface area contributed by atoms with Gasteiger partial charge in [-0.1, -0.05) is 0 Å². The number of hydrogen-bond donors (Lipinski definition) is 4. The van der Waals surface area contributed by atoms with Crippen LogP contribution in [-0.4, -0.2) is 42.8 Å². The number of ether oxygens (including phenoxy) is 1. The van der Waals surface area contributed by atoms with Crippen molar-refractivity contribution in [3.8, 4) is 0 Å². The van der Waals surface area contributed by atoms with Crippen molar-refractivity contribution in [2.75, 3.05) is 0 Å². The Labute approximate surface area is 116 Å². The molecule has 2 rings (SSSR count). The van der Waals surface area contributed by atoms with E-state index >= 15 is 0 Å². The molecule has 1 aliphatic rings. The summed E-state index contributed by atoms with van der Waals surface area (Å²) in [6.07, 6.45) is -5.01. The first-order chi connectivity index (χ1) is 9.60. The van der Waals surface area contributed by atoms with E-state index in [4.69, 9.17) is 14.5 Å². The summed E-state index contributed by atoms with van der Waals surface area (Å²) in [6.45, 7) is 1.34. The van der Waals surface area contributed by atoms with Gasteiger partial charge in [0.2, 0.25) is 5.82 Å². The maximum absolute atomic E-state index is 13.2. The maximum Gasteiger partial charge on any atom is 0.470 e. The highest BCUT2D eigenvalue weighted by Gasteiger charge is 2.46. The fourth-order valence-electron chi connectivity index (χ4n) is 2.00. The van der Waals surface area contributed by atoms with Crippen LogP contribution in [0.15, 0.2) is 15.8 Å². The van der Waals surface area contributed by atoms with Crippen LogP contribution >= 0.6 is 7.82 Å². The highest BCUT2D eigenvalue weighted by Crippen LogP contribution is 2.43. The topological polar surface area (TPSA) is 151 Å². The van der Waals surface area contributed by atoms with E-state index in [-0.39, 0.29) is 0 Å². The first-order valence-electron chi connectivity index (χ1n) is 5.68. The molecule has 1 aliphatic heterocycles. The molecule has 1 aromatic heterocycles. The van der Waals surface area contributed by atoms with E-state index < -0.39 is 49.4 Å². The molecule has 1 fully saturated rings. The number of nitrogens with zero attached hydrogens (tertiary/aromatic N) is 1. The first-order valence-corrected chi connectivity index (χ1v) is 7.21. The smallest absolute Gasteiger partial charge is 0.386 e. The largest absolute Gasteiger partial charge is 0.470 e. The second kappa shape index (κ2) is 5.44. The summed E-state index contributed by atoms with van der Waals surface area (Å²) in [6, 6.07) is 0. The predicted molar refractivity (Wildman–Crippen MR) is 63.8 cm³/mol. The molecule has 0 radical (unpaired) electrons. The van der Waals surface area contributed by atoms with Crippen molar-refractivity contribution in [1.29, 1.82) is 0 Å².